The minimum Gasteiger partial charge on any atom is -0.503 e. The average molecular weight is 369 g/mol. The van der Waals surface area contributed by atoms with Crippen LogP contribution in [0, 0.1) is 12.8 Å². The molecule has 0 bridgehead atoms. The SMILES string of the molecule is COc1ccccc1N1C(=O)C(O)=C(C(=O)CC(C)C)C1c1ccc(C)o1. The van der Waals surface area contributed by atoms with Crippen LogP contribution in [0.1, 0.15) is 37.8 Å². The number of para-hydroxylation sites is 2. The Morgan fingerprint density at radius 1 is 1.26 bits per heavy atom. The van der Waals surface area contributed by atoms with Gasteiger partial charge in [-0.05, 0) is 37.1 Å². The van der Waals surface area contributed by atoms with Gasteiger partial charge in [-0.25, -0.2) is 0 Å². The van der Waals surface area contributed by atoms with E-state index in [4.69, 9.17) is 9.15 Å². The third kappa shape index (κ3) is 3.35. The smallest absolute Gasteiger partial charge is 0.294 e. The molecule has 1 aliphatic rings. The number of aryl methyl sites for hydroxylation is 1. The van der Waals surface area contributed by atoms with Gasteiger partial charge in [-0.3, -0.25) is 14.5 Å². The van der Waals surface area contributed by atoms with E-state index in [1.54, 1.807) is 43.3 Å². The summed E-state index contributed by atoms with van der Waals surface area (Å²) in [5.74, 6) is 0.169. The lowest BCUT2D eigenvalue weighted by Gasteiger charge is -2.26. The number of rotatable bonds is 6. The molecule has 6 nitrogen and oxygen atoms in total. The molecule has 0 aliphatic carbocycles. The molecule has 1 atom stereocenters. The minimum atomic E-state index is -0.839. The van der Waals surface area contributed by atoms with Gasteiger partial charge in [0.1, 0.15) is 23.3 Å². The number of ketones is 1. The second-order valence-electron chi connectivity index (χ2n) is 6.98. The van der Waals surface area contributed by atoms with Crippen molar-refractivity contribution >= 4 is 17.4 Å². The summed E-state index contributed by atoms with van der Waals surface area (Å²) in [5, 5.41) is 10.6. The summed E-state index contributed by atoms with van der Waals surface area (Å²) in [5.41, 5.74) is 0.525. The zero-order valence-electron chi connectivity index (χ0n) is 15.9. The van der Waals surface area contributed by atoms with Gasteiger partial charge in [0.15, 0.2) is 11.5 Å². The number of anilines is 1. The van der Waals surface area contributed by atoms with Gasteiger partial charge in [0.25, 0.3) is 5.91 Å². The van der Waals surface area contributed by atoms with Crippen molar-refractivity contribution in [2.45, 2.75) is 33.2 Å². The first kappa shape index (κ1) is 18.8. The van der Waals surface area contributed by atoms with E-state index in [0.717, 1.165) is 0 Å². The summed E-state index contributed by atoms with van der Waals surface area (Å²) >= 11 is 0. The number of carbonyl (C=O) groups is 2. The summed E-state index contributed by atoms with van der Waals surface area (Å²) in [4.78, 5) is 27.2. The highest BCUT2D eigenvalue weighted by Gasteiger charge is 2.46. The van der Waals surface area contributed by atoms with Gasteiger partial charge < -0.3 is 14.3 Å². The predicted octanol–water partition coefficient (Wildman–Crippen LogP) is 4.11. The van der Waals surface area contributed by atoms with Crippen molar-refractivity contribution in [2.75, 3.05) is 12.0 Å². The highest BCUT2D eigenvalue weighted by molar-refractivity contribution is 6.16. The molecule has 2 aromatic rings. The van der Waals surface area contributed by atoms with Crippen molar-refractivity contribution in [3.05, 3.63) is 59.3 Å². The molecule has 2 heterocycles. The summed E-state index contributed by atoms with van der Waals surface area (Å²) in [6.45, 7) is 5.61. The van der Waals surface area contributed by atoms with E-state index < -0.39 is 17.7 Å². The quantitative estimate of drug-likeness (QED) is 0.829. The molecular formula is C21H23NO5. The van der Waals surface area contributed by atoms with Crippen LogP contribution in [0.5, 0.6) is 5.75 Å². The molecule has 0 saturated carbocycles. The standard InChI is InChI=1S/C21H23NO5/c1-12(2)11-15(23)18-19(17-10-9-13(3)27-17)22(21(25)20(18)24)14-7-5-6-8-16(14)26-4/h5-10,12,19,24H,11H2,1-4H3. The van der Waals surface area contributed by atoms with E-state index in [1.807, 2.05) is 13.8 Å². The second-order valence-corrected chi connectivity index (χ2v) is 6.98. The van der Waals surface area contributed by atoms with Crippen molar-refractivity contribution in [3.8, 4) is 5.75 Å². The van der Waals surface area contributed by atoms with Crippen molar-refractivity contribution < 1.29 is 23.8 Å². The number of furan rings is 1. The fourth-order valence-corrected chi connectivity index (χ4v) is 3.32. The van der Waals surface area contributed by atoms with Crippen LogP contribution in [0.2, 0.25) is 0 Å². The van der Waals surface area contributed by atoms with Crippen molar-refractivity contribution in [2.24, 2.45) is 5.92 Å². The monoisotopic (exact) mass is 369 g/mol. The lowest BCUT2D eigenvalue weighted by molar-refractivity contribution is -0.118. The number of hydrogen-bond acceptors (Lipinski definition) is 5. The zero-order valence-corrected chi connectivity index (χ0v) is 15.9. The molecule has 0 spiro atoms. The Hall–Kier alpha value is -3.02. The normalized spacial score (nSPS) is 17.1. The molecule has 0 saturated heterocycles. The van der Waals surface area contributed by atoms with Crippen LogP contribution < -0.4 is 9.64 Å². The van der Waals surface area contributed by atoms with E-state index in [9.17, 15) is 14.7 Å². The van der Waals surface area contributed by atoms with Gasteiger partial charge in [0.05, 0.1) is 18.4 Å². The number of benzene rings is 1. The number of amides is 1. The van der Waals surface area contributed by atoms with Gasteiger partial charge >= 0.3 is 0 Å². The van der Waals surface area contributed by atoms with Crippen molar-refractivity contribution in [3.63, 3.8) is 0 Å². The number of Topliss-reactive ketones (excluding diaryl/α,β-unsaturated/α-hetero) is 1. The number of ether oxygens (including phenoxy) is 1. The predicted molar refractivity (Wildman–Crippen MR) is 101 cm³/mol. The number of hydrogen-bond donors (Lipinski definition) is 1. The second kappa shape index (κ2) is 7.31. The van der Waals surface area contributed by atoms with Crippen LogP contribution in [-0.2, 0) is 9.59 Å². The van der Waals surface area contributed by atoms with Gasteiger partial charge in [0.2, 0.25) is 0 Å². The maximum absolute atomic E-state index is 12.9. The topological polar surface area (TPSA) is 80.0 Å². The molecule has 1 aliphatic heterocycles. The third-order valence-electron chi connectivity index (χ3n) is 4.48. The molecule has 1 unspecified atom stereocenters. The molecule has 1 amide bonds. The van der Waals surface area contributed by atoms with Crippen molar-refractivity contribution in [1.29, 1.82) is 0 Å². The van der Waals surface area contributed by atoms with Crippen LogP contribution >= 0.6 is 0 Å². The Balaban J connectivity index is 2.16. The maximum atomic E-state index is 12.9. The highest BCUT2D eigenvalue weighted by Crippen LogP contribution is 2.44. The molecule has 6 heteroatoms. The first-order valence-electron chi connectivity index (χ1n) is 8.84. The minimum absolute atomic E-state index is 0.0638. The summed E-state index contributed by atoms with van der Waals surface area (Å²) in [6, 6.07) is 9.62. The van der Waals surface area contributed by atoms with Gasteiger partial charge in [-0.2, -0.15) is 0 Å². The fourth-order valence-electron chi connectivity index (χ4n) is 3.32. The summed E-state index contributed by atoms with van der Waals surface area (Å²) < 4.78 is 11.1. The summed E-state index contributed by atoms with van der Waals surface area (Å²) in [6.07, 6.45) is 0.225. The average Bonchev–Trinajstić information content (AvgIpc) is 3.16. The lowest BCUT2D eigenvalue weighted by Crippen LogP contribution is -2.31. The number of nitrogens with zero attached hydrogens (tertiary/aromatic N) is 1. The molecule has 0 radical (unpaired) electrons. The lowest BCUT2D eigenvalue weighted by atomic mass is 9.95. The van der Waals surface area contributed by atoms with E-state index in [-0.39, 0.29) is 23.7 Å². The first-order chi connectivity index (χ1) is 12.8. The van der Waals surface area contributed by atoms with Gasteiger partial charge in [-0.1, -0.05) is 26.0 Å². The van der Waals surface area contributed by atoms with E-state index in [2.05, 4.69) is 0 Å². The Morgan fingerprint density at radius 2 is 1.96 bits per heavy atom. The van der Waals surface area contributed by atoms with Crippen molar-refractivity contribution in [1.82, 2.24) is 0 Å². The molecule has 142 valence electrons. The summed E-state index contributed by atoms with van der Waals surface area (Å²) in [7, 11) is 1.50. The molecule has 1 aromatic carbocycles. The Labute approximate surface area is 158 Å². The van der Waals surface area contributed by atoms with Crippen LogP contribution in [0.3, 0.4) is 0 Å². The third-order valence-corrected chi connectivity index (χ3v) is 4.48. The molecular weight excluding hydrogens is 346 g/mol. The molecule has 1 aromatic heterocycles. The molecule has 27 heavy (non-hydrogen) atoms. The van der Waals surface area contributed by atoms with Gasteiger partial charge in [0, 0.05) is 6.42 Å². The zero-order chi connectivity index (χ0) is 19.7. The van der Waals surface area contributed by atoms with Gasteiger partial charge in [-0.15, -0.1) is 0 Å². The Kier molecular flexibility index (Phi) is 5.08. The first-order valence-corrected chi connectivity index (χ1v) is 8.84. The number of aliphatic hydroxyl groups excluding tert-OH is 1. The van der Waals surface area contributed by atoms with E-state index in [1.165, 1.54) is 12.0 Å². The number of aliphatic hydroxyl groups is 1. The Bertz CT molecular complexity index is 909. The number of methoxy groups -OCH3 is 1. The largest absolute Gasteiger partial charge is 0.503 e. The highest BCUT2D eigenvalue weighted by atomic mass is 16.5. The molecule has 3 rings (SSSR count). The van der Waals surface area contributed by atoms with Crippen LogP contribution in [0.25, 0.3) is 0 Å². The van der Waals surface area contributed by atoms with Crippen LogP contribution in [0.15, 0.2) is 52.1 Å². The molecule has 1 N–H and O–H groups in total. The van der Waals surface area contributed by atoms with Crippen LogP contribution in [0.4, 0.5) is 5.69 Å². The Morgan fingerprint density at radius 3 is 2.56 bits per heavy atom. The maximum Gasteiger partial charge on any atom is 0.294 e. The van der Waals surface area contributed by atoms with E-state index >= 15 is 0 Å². The van der Waals surface area contributed by atoms with E-state index in [0.29, 0.717) is 23.0 Å². The molecule has 0 fully saturated rings. The number of carbonyl (C=O) groups excluding carboxylic acids is 2. The van der Waals surface area contributed by atoms with Crippen LogP contribution in [-0.4, -0.2) is 23.9 Å². The fraction of sp³-hybridized carbons (Fsp3) is 0.333.